The van der Waals surface area contributed by atoms with Gasteiger partial charge in [-0.05, 0) is 22.9 Å². The molecule has 1 aliphatic rings. The third-order valence-corrected chi connectivity index (χ3v) is 3.66. The van der Waals surface area contributed by atoms with E-state index in [1.807, 2.05) is 6.07 Å². The predicted octanol–water partition coefficient (Wildman–Crippen LogP) is 0.557. The lowest BCUT2D eigenvalue weighted by Crippen LogP contribution is -2.33. The van der Waals surface area contributed by atoms with Crippen LogP contribution < -0.4 is 5.32 Å². The Bertz CT molecular complexity index is 672. The summed E-state index contributed by atoms with van der Waals surface area (Å²) in [7, 11) is 0. The molecule has 1 aliphatic heterocycles. The number of amides is 2. The third-order valence-electron chi connectivity index (χ3n) is 2.92. The van der Waals surface area contributed by atoms with Crippen molar-refractivity contribution in [1.82, 2.24) is 25.5 Å². The van der Waals surface area contributed by atoms with Crippen molar-refractivity contribution in [2.24, 2.45) is 0 Å². The summed E-state index contributed by atoms with van der Waals surface area (Å²) >= 11 is 3.41. The van der Waals surface area contributed by atoms with Crippen LogP contribution >= 0.6 is 15.9 Å². The molecule has 0 bridgehead atoms. The van der Waals surface area contributed by atoms with Crippen LogP contribution in [0.15, 0.2) is 22.7 Å². The highest BCUT2D eigenvalue weighted by molar-refractivity contribution is 9.10. The van der Waals surface area contributed by atoms with Gasteiger partial charge in [0.25, 0.3) is 11.9 Å². The number of H-pyrrole nitrogens is 1. The van der Waals surface area contributed by atoms with Crippen molar-refractivity contribution in [3.63, 3.8) is 0 Å². The smallest absolute Gasteiger partial charge is 0.269 e. The minimum atomic E-state index is -0.372. The molecule has 2 N–H and O–H groups in total. The fourth-order valence-corrected chi connectivity index (χ4v) is 2.52. The van der Waals surface area contributed by atoms with Gasteiger partial charge in [-0.15, -0.1) is 5.10 Å². The minimum absolute atomic E-state index is 0.0610. The van der Waals surface area contributed by atoms with Gasteiger partial charge in [0.05, 0.1) is 0 Å². The number of tetrazole rings is 1. The number of fused-ring (bicyclic) bond motifs is 1. The van der Waals surface area contributed by atoms with Crippen LogP contribution in [0.25, 0.3) is 0 Å². The summed E-state index contributed by atoms with van der Waals surface area (Å²) in [5.74, 6) is -0.450. The number of carbonyl (C=O) groups excluding carboxylic acids is 2. The second-order valence-electron chi connectivity index (χ2n) is 4.21. The Morgan fingerprint density at radius 2 is 2.35 bits per heavy atom. The van der Waals surface area contributed by atoms with Gasteiger partial charge in [0.15, 0.2) is 0 Å². The molecule has 0 spiro atoms. The quantitative estimate of drug-likeness (QED) is 0.852. The lowest BCUT2D eigenvalue weighted by molar-refractivity contribution is -0.117. The zero-order chi connectivity index (χ0) is 14.1. The van der Waals surface area contributed by atoms with Gasteiger partial charge < -0.3 is 4.90 Å². The maximum absolute atomic E-state index is 12.2. The average molecular weight is 337 g/mol. The summed E-state index contributed by atoms with van der Waals surface area (Å²) in [6, 6.07) is 5.41. The summed E-state index contributed by atoms with van der Waals surface area (Å²) in [6.07, 6.45) is 0. The number of halogens is 1. The zero-order valence-corrected chi connectivity index (χ0v) is 11.7. The van der Waals surface area contributed by atoms with E-state index in [0.29, 0.717) is 12.1 Å². The number of aromatic nitrogens is 4. The van der Waals surface area contributed by atoms with Crippen LogP contribution in [0.4, 0.5) is 5.95 Å². The highest BCUT2D eigenvalue weighted by Gasteiger charge is 2.30. The van der Waals surface area contributed by atoms with E-state index >= 15 is 0 Å². The van der Waals surface area contributed by atoms with Crippen LogP contribution in [-0.2, 0) is 11.3 Å². The Kier molecular flexibility index (Phi) is 3.18. The minimum Gasteiger partial charge on any atom is -0.325 e. The molecular weight excluding hydrogens is 328 g/mol. The largest absolute Gasteiger partial charge is 0.325 e. The fraction of sp³-hybridized carbons (Fsp3) is 0.182. The van der Waals surface area contributed by atoms with Crippen LogP contribution in [0.1, 0.15) is 15.9 Å². The molecule has 0 aliphatic carbocycles. The van der Waals surface area contributed by atoms with Gasteiger partial charge in [-0.1, -0.05) is 27.1 Å². The highest BCUT2D eigenvalue weighted by Crippen LogP contribution is 2.29. The summed E-state index contributed by atoms with van der Waals surface area (Å²) in [4.78, 5) is 25.4. The van der Waals surface area contributed by atoms with Gasteiger partial charge in [-0.2, -0.15) is 5.21 Å². The van der Waals surface area contributed by atoms with Crippen LogP contribution in [-0.4, -0.2) is 43.9 Å². The van der Waals surface area contributed by atoms with Crippen LogP contribution in [0.5, 0.6) is 0 Å². The molecule has 0 fully saturated rings. The van der Waals surface area contributed by atoms with Crippen molar-refractivity contribution in [2.45, 2.75) is 6.54 Å². The Morgan fingerprint density at radius 3 is 3.05 bits per heavy atom. The SMILES string of the molecule is O=C(CN1Cc2c(Br)cccc2C1=O)Nc1nn[nH]n1. The molecule has 8 nitrogen and oxygen atoms in total. The standard InChI is InChI=1S/C11H9BrN6O2/c12-8-3-1-2-6-7(8)4-18(10(6)20)5-9(19)13-11-14-16-17-15-11/h1-3H,4-5H2,(H2,13,14,15,16,17,19). The molecule has 2 aromatic rings. The van der Waals surface area contributed by atoms with Crippen molar-refractivity contribution < 1.29 is 9.59 Å². The van der Waals surface area contributed by atoms with Gasteiger partial charge >= 0.3 is 0 Å². The van der Waals surface area contributed by atoms with Crippen molar-refractivity contribution in [3.8, 4) is 0 Å². The van der Waals surface area contributed by atoms with E-state index in [9.17, 15) is 9.59 Å². The highest BCUT2D eigenvalue weighted by atomic mass is 79.9. The molecular formula is C11H9BrN6O2. The van der Waals surface area contributed by atoms with Crippen LogP contribution in [0, 0.1) is 0 Å². The molecule has 102 valence electrons. The normalized spacial score (nSPS) is 13.4. The van der Waals surface area contributed by atoms with E-state index in [4.69, 9.17) is 0 Å². The summed E-state index contributed by atoms with van der Waals surface area (Å²) in [6.45, 7) is 0.337. The Morgan fingerprint density at radius 1 is 1.50 bits per heavy atom. The average Bonchev–Trinajstić information content (AvgIpc) is 3.01. The number of aromatic amines is 1. The lowest BCUT2D eigenvalue weighted by atomic mass is 10.1. The monoisotopic (exact) mass is 336 g/mol. The molecule has 0 radical (unpaired) electrons. The number of hydrogen-bond donors (Lipinski definition) is 2. The Balaban J connectivity index is 1.70. The van der Waals surface area contributed by atoms with Gasteiger partial charge in [0.1, 0.15) is 6.54 Å². The van der Waals surface area contributed by atoms with Crippen molar-refractivity contribution in [3.05, 3.63) is 33.8 Å². The second kappa shape index (κ2) is 5.00. The Hall–Kier alpha value is -2.29. The molecule has 2 amide bonds. The molecule has 0 atom stereocenters. The Labute approximate surface area is 121 Å². The van der Waals surface area contributed by atoms with E-state index in [-0.39, 0.29) is 24.3 Å². The molecule has 1 aromatic carbocycles. The zero-order valence-electron chi connectivity index (χ0n) is 10.1. The molecule has 20 heavy (non-hydrogen) atoms. The van der Waals surface area contributed by atoms with E-state index in [1.165, 1.54) is 4.90 Å². The number of benzene rings is 1. The maximum atomic E-state index is 12.2. The topological polar surface area (TPSA) is 104 Å². The molecule has 0 unspecified atom stereocenters. The van der Waals surface area contributed by atoms with Crippen molar-refractivity contribution >= 4 is 33.7 Å². The van der Waals surface area contributed by atoms with E-state index in [0.717, 1.165) is 10.0 Å². The summed E-state index contributed by atoms with van der Waals surface area (Å²) in [5, 5.41) is 15.2. The van der Waals surface area contributed by atoms with Gasteiger partial charge in [-0.3, -0.25) is 14.9 Å². The predicted molar refractivity (Wildman–Crippen MR) is 71.7 cm³/mol. The molecule has 9 heteroatoms. The number of carbonyl (C=O) groups is 2. The van der Waals surface area contributed by atoms with E-state index in [2.05, 4.69) is 41.9 Å². The van der Waals surface area contributed by atoms with E-state index < -0.39 is 0 Å². The number of nitrogens with one attached hydrogen (secondary N) is 2. The molecule has 2 heterocycles. The van der Waals surface area contributed by atoms with E-state index in [1.54, 1.807) is 12.1 Å². The second-order valence-corrected chi connectivity index (χ2v) is 5.07. The van der Waals surface area contributed by atoms with Gasteiger partial charge in [0, 0.05) is 16.6 Å². The number of nitrogens with zero attached hydrogens (tertiary/aromatic N) is 4. The first-order chi connectivity index (χ1) is 9.65. The molecule has 1 aromatic heterocycles. The van der Waals surface area contributed by atoms with Gasteiger partial charge in [0.2, 0.25) is 5.91 Å². The number of hydrogen-bond acceptors (Lipinski definition) is 5. The first-order valence-corrected chi connectivity index (χ1v) is 6.54. The molecule has 0 saturated carbocycles. The molecule has 3 rings (SSSR count). The number of anilines is 1. The third kappa shape index (κ3) is 2.27. The number of rotatable bonds is 3. The van der Waals surface area contributed by atoms with Crippen LogP contribution in [0.3, 0.4) is 0 Å². The lowest BCUT2D eigenvalue weighted by Gasteiger charge is -2.14. The first-order valence-electron chi connectivity index (χ1n) is 5.75. The molecule has 0 saturated heterocycles. The summed E-state index contributed by atoms with van der Waals surface area (Å²) in [5.41, 5.74) is 1.51. The van der Waals surface area contributed by atoms with Crippen molar-refractivity contribution in [1.29, 1.82) is 0 Å². The van der Waals surface area contributed by atoms with Crippen LogP contribution in [0.2, 0.25) is 0 Å². The fourth-order valence-electron chi connectivity index (χ4n) is 2.03. The first kappa shape index (κ1) is 12.7. The van der Waals surface area contributed by atoms with Crippen molar-refractivity contribution in [2.75, 3.05) is 11.9 Å². The van der Waals surface area contributed by atoms with Gasteiger partial charge in [-0.25, -0.2) is 0 Å². The summed E-state index contributed by atoms with van der Waals surface area (Å²) < 4.78 is 0.865. The maximum Gasteiger partial charge on any atom is 0.269 e.